The van der Waals surface area contributed by atoms with Gasteiger partial charge in [0.15, 0.2) is 24.3 Å². The Hall–Kier alpha value is -1.77. The van der Waals surface area contributed by atoms with Crippen molar-refractivity contribution in [2.45, 2.75) is 95.9 Å². The van der Waals surface area contributed by atoms with Gasteiger partial charge in [0.05, 0.1) is 18.5 Å². The number of carbonyl (C=O) groups is 2. The number of amides is 1. The summed E-state index contributed by atoms with van der Waals surface area (Å²) in [5.74, 6) is -1.26. The van der Waals surface area contributed by atoms with Gasteiger partial charge in [0, 0.05) is 19.1 Å². The minimum atomic E-state index is -0.771. The van der Waals surface area contributed by atoms with Gasteiger partial charge in [0.2, 0.25) is 5.91 Å². The number of esters is 1. The molecule has 0 aliphatic carbocycles. The van der Waals surface area contributed by atoms with Crippen LogP contribution in [0.5, 0.6) is 0 Å². The molecule has 4 rings (SSSR count). The first-order valence-corrected chi connectivity index (χ1v) is 12.5. The van der Waals surface area contributed by atoms with E-state index in [-0.39, 0.29) is 42.5 Å². The molecule has 0 saturated carbocycles. The van der Waals surface area contributed by atoms with Gasteiger partial charge >= 0.3 is 5.97 Å². The first-order valence-electron chi connectivity index (χ1n) is 12.5. The van der Waals surface area contributed by atoms with Crippen molar-refractivity contribution in [3.8, 4) is 6.07 Å². The molecule has 34 heavy (non-hydrogen) atoms. The molecule has 0 aromatic carbocycles. The fraction of sp³-hybridized carbons (Fsp3) is 0.875. The number of piperidine rings is 1. The predicted molar refractivity (Wildman–Crippen MR) is 121 cm³/mol. The number of carbonyl (C=O) groups excluding carboxylic acids is 2. The molecule has 0 aromatic rings. The van der Waals surface area contributed by atoms with E-state index in [1.807, 2.05) is 27.7 Å². The van der Waals surface area contributed by atoms with Crippen molar-refractivity contribution in [1.29, 1.82) is 5.26 Å². The molecule has 1 N–H and O–H groups in total. The normalized spacial score (nSPS) is 33.8. The number of ether oxygens (including phenoxy) is 4. The summed E-state index contributed by atoms with van der Waals surface area (Å²) in [4.78, 5) is 28.8. The fourth-order valence-electron chi connectivity index (χ4n) is 5.21. The van der Waals surface area contributed by atoms with Gasteiger partial charge in [-0.05, 0) is 52.6 Å². The highest BCUT2D eigenvalue weighted by atomic mass is 16.8. The number of hydrogen-bond donors (Lipinski definition) is 1. The summed E-state index contributed by atoms with van der Waals surface area (Å²) in [5, 5.41) is 12.6. The van der Waals surface area contributed by atoms with E-state index in [1.54, 1.807) is 4.90 Å². The highest BCUT2D eigenvalue weighted by Crippen LogP contribution is 2.39. The summed E-state index contributed by atoms with van der Waals surface area (Å²) >= 11 is 0. The van der Waals surface area contributed by atoms with Gasteiger partial charge in [0.25, 0.3) is 0 Å². The van der Waals surface area contributed by atoms with Gasteiger partial charge in [-0.2, -0.15) is 5.26 Å². The van der Waals surface area contributed by atoms with Crippen molar-refractivity contribution in [3.63, 3.8) is 0 Å². The van der Waals surface area contributed by atoms with Crippen LogP contribution < -0.4 is 5.32 Å². The van der Waals surface area contributed by atoms with Crippen LogP contribution in [0, 0.1) is 17.2 Å². The number of fused-ring (bicyclic) bond motifs is 1. The summed E-state index contributed by atoms with van der Waals surface area (Å²) in [6.07, 6.45) is 1.67. The molecule has 0 aromatic heterocycles. The van der Waals surface area contributed by atoms with Crippen molar-refractivity contribution < 1.29 is 28.5 Å². The molecule has 10 heteroatoms. The SMILES string of the molecule is CC(C)C(=O)O[C@@H]1C2OC(C)(C)O[C@H]2O[C@@H]1CN1CCC(NCC(=O)N2CCC[C@H]2C#N)CC1. The maximum Gasteiger partial charge on any atom is 0.308 e. The topological polar surface area (TPSA) is 113 Å². The molecular formula is C24H38N4O6. The summed E-state index contributed by atoms with van der Waals surface area (Å²) in [5.41, 5.74) is 0. The lowest BCUT2D eigenvalue weighted by Crippen LogP contribution is -2.50. The van der Waals surface area contributed by atoms with Crippen molar-refractivity contribution in [1.82, 2.24) is 15.1 Å². The van der Waals surface area contributed by atoms with Crippen LogP contribution in [-0.4, -0.2) is 96.9 Å². The summed E-state index contributed by atoms with van der Waals surface area (Å²) in [6.45, 7) is 10.6. The zero-order valence-corrected chi connectivity index (χ0v) is 20.7. The monoisotopic (exact) mass is 478 g/mol. The molecular weight excluding hydrogens is 440 g/mol. The molecule has 0 spiro atoms. The molecule has 10 nitrogen and oxygen atoms in total. The van der Waals surface area contributed by atoms with Gasteiger partial charge in [-0.25, -0.2) is 0 Å². The maximum atomic E-state index is 12.5. The summed E-state index contributed by atoms with van der Waals surface area (Å²) in [7, 11) is 0. The van der Waals surface area contributed by atoms with Crippen LogP contribution in [0.3, 0.4) is 0 Å². The van der Waals surface area contributed by atoms with E-state index in [0.29, 0.717) is 13.1 Å². The fourth-order valence-corrected chi connectivity index (χ4v) is 5.21. The summed E-state index contributed by atoms with van der Waals surface area (Å²) < 4.78 is 23.8. The van der Waals surface area contributed by atoms with E-state index in [4.69, 9.17) is 18.9 Å². The quantitative estimate of drug-likeness (QED) is 0.535. The Morgan fingerprint density at radius 2 is 1.91 bits per heavy atom. The lowest BCUT2D eigenvalue weighted by atomic mass is 10.0. The first kappa shape index (κ1) is 25.3. The highest BCUT2D eigenvalue weighted by Gasteiger charge is 2.56. The van der Waals surface area contributed by atoms with Crippen LogP contribution in [-0.2, 0) is 28.5 Å². The Morgan fingerprint density at radius 1 is 1.18 bits per heavy atom. The smallest absolute Gasteiger partial charge is 0.308 e. The molecule has 1 amide bonds. The largest absolute Gasteiger partial charge is 0.456 e. The Bertz CT molecular complexity index is 791. The highest BCUT2D eigenvalue weighted by molar-refractivity contribution is 5.79. The Labute approximate surface area is 201 Å². The zero-order chi connectivity index (χ0) is 24.5. The second-order valence-electron chi connectivity index (χ2n) is 10.5. The minimum absolute atomic E-state index is 0.00936. The average molecular weight is 479 g/mol. The van der Waals surface area contributed by atoms with Gasteiger partial charge in [-0.15, -0.1) is 0 Å². The van der Waals surface area contributed by atoms with Gasteiger partial charge < -0.3 is 34.1 Å². The molecule has 5 atom stereocenters. The minimum Gasteiger partial charge on any atom is -0.456 e. The van der Waals surface area contributed by atoms with Crippen molar-refractivity contribution >= 4 is 11.9 Å². The Kier molecular flexibility index (Phi) is 7.79. The molecule has 4 saturated heterocycles. The number of rotatable bonds is 7. The third-order valence-corrected chi connectivity index (χ3v) is 7.10. The maximum absolute atomic E-state index is 12.5. The standard InChI is InChI=1S/C24H38N4O6/c1-15(2)22(30)32-20-18(31-23-21(20)33-24(3,4)34-23)14-27-10-7-16(8-11-27)26-13-19(29)28-9-5-6-17(28)12-25/h15-18,20-21,23,26H,5-11,13-14H2,1-4H3/t17-,18+,20-,21?,23+/m0/s1. The zero-order valence-electron chi connectivity index (χ0n) is 20.7. The van der Waals surface area contributed by atoms with Crippen LogP contribution in [0.2, 0.25) is 0 Å². The lowest BCUT2D eigenvalue weighted by Gasteiger charge is -2.35. The van der Waals surface area contributed by atoms with E-state index in [9.17, 15) is 14.9 Å². The summed E-state index contributed by atoms with van der Waals surface area (Å²) in [6, 6.07) is 2.20. The van der Waals surface area contributed by atoms with Crippen molar-refractivity contribution in [2.75, 3.05) is 32.7 Å². The molecule has 0 radical (unpaired) electrons. The molecule has 4 fully saturated rings. The van der Waals surface area contributed by atoms with Gasteiger partial charge in [-0.1, -0.05) is 13.8 Å². The van der Waals surface area contributed by atoms with Crippen LogP contribution >= 0.6 is 0 Å². The Balaban J connectivity index is 1.25. The number of hydrogen-bond acceptors (Lipinski definition) is 9. The van der Waals surface area contributed by atoms with Crippen LogP contribution in [0.15, 0.2) is 0 Å². The van der Waals surface area contributed by atoms with E-state index in [2.05, 4.69) is 16.3 Å². The number of nitriles is 1. The van der Waals surface area contributed by atoms with E-state index < -0.39 is 24.3 Å². The van der Waals surface area contributed by atoms with E-state index in [1.165, 1.54) is 0 Å². The van der Waals surface area contributed by atoms with Gasteiger partial charge in [0.1, 0.15) is 12.1 Å². The number of nitrogens with zero attached hydrogens (tertiary/aromatic N) is 3. The number of nitrogens with one attached hydrogen (secondary N) is 1. The van der Waals surface area contributed by atoms with Gasteiger partial charge in [-0.3, -0.25) is 9.59 Å². The third-order valence-electron chi connectivity index (χ3n) is 7.10. The van der Waals surface area contributed by atoms with Crippen LogP contribution in [0.1, 0.15) is 53.4 Å². The van der Waals surface area contributed by atoms with Crippen molar-refractivity contribution in [2.24, 2.45) is 5.92 Å². The van der Waals surface area contributed by atoms with E-state index in [0.717, 1.165) is 38.8 Å². The second-order valence-corrected chi connectivity index (χ2v) is 10.5. The van der Waals surface area contributed by atoms with E-state index >= 15 is 0 Å². The molecule has 1 unspecified atom stereocenters. The molecule has 0 bridgehead atoms. The molecule has 4 aliphatic rings. The predicted octanol–water partition coefficient (Wildman–Crippen LogP) is 0.999. The average Bonchev–Trinajstić information content (AvgIpc) is 3.46. The lowest BCUT2D eigenvalue weighted by molar-refractivity contribution is -0.221. The van der Waals surface area contributed by atoms with Crippen LogP contribution in [0.4, 0.5) is 0 Å². The Morgan fingerprint density at radius 3 is 2.59 bits per heavy atom. The van der Waals surface area contributed by atoms with Crippen LogP contribution in [0.25, 0.3) is 0 Å². The second kappa shape index (κ2) is 10.5. The molecule has 190 valence electrons. The molecule has 4 heterocycles. The third kappa shape index (κ3) is 5.71. The van der Waals surface area contributed by atoms with Crippen molar-refractivity contribution in [3.05, 3.63) is 0 Å². The number of likely N-dealkylation sites (tertiary alicyclic amines) is 2. The molecule has 4 aliphatic heterocycles. The first-order chi connectivity index (χ1) is 16.2.